The summed E-state index contributed by atoms with van der Waals surface area (Å²) in [5.74, 6) is 2.77. The summed E-state index contributed by atoms with van der Waals surface area (Å²) in [6.07, 6.45) is 1.66. The normalized spacial score (nSPS) is 12.2. The van der Waals surface area contributed by atoms with Crippen molar-refractivity contribution in [1.29, 1.82) is 0 Å². The van der Waals surface area contributed by atoms with Crippen LogP contribution in [0.15, 0.2) is 53.6 Å². The van der Waals surface area contributed by atoms with Crippen molar-refractivity contribution in [2.45, 2.75) is 6.54 Å². The molecule has 0 unspecified atom stereocenters. The first kappa shape index (κ1) is 18.5. The predicted molar refractivity (Wildman–Crippen MR) is 112 cm³/mol. The third kappa shape index (κ3) is 4.70. The van der Waals surface area contributed by atoms with Crippen LogP contribution in [0.4, 0.5) is 17.8 Å². The molecule has 0 saturated carbocycles. The number of rotatable bonds is 7. The van der Waals surface area contributed by atoms with Gasteiger partial charge in [-0.25, -0.2) is 5.43 Å². The zero-order chi connectivity index (χ0) is 20.1. The summed E-state index contributed by atoms with van der Waals surface area (Å²) < 4.78 is 10.7. The molecule has 2 N–H and O–H groups in total. The maximum atomic E-state index is 5.37. The second-order valence-electron chi connectivity index (χ2n) is 6.50. The molecule has 0 spiro atoms. The SMILES string of the molecule is CN(C)c1nc(NCc2ccccc2)nc(NN=Cc2ccc3c(c2)OCO3)n1. The number of hydrogen-bond acceptors (Lipinski definition) is 9. The number of nitrogens with one attached hydrogen (secondary N) is 2. The number of nitrogens with zero attached hydrogens (tertiary/aromatic N) is 5. The fourth-order valence-electron chi connectivity index (χ4n) is 2.63. The van der Waals surface area contributed by atoms with Gasteiger partial charge in [0.05, 0.1) is 6.21 Å². The van der Waals surface area contributed by atoms with E-state index in [0.29, 0.717) is 30.1 Å². The fraction of sp³-hybridized carbons (Fsp3) is 0.200. The molecule has 9 nitrogen and oxygen atoms in total. The van der Waals surface area contributed by atoms with Crippen LogP contribution in [0, 0.1) is 0 Å². The highest BCUT2D eigenvalue weighted by Gasteiger charge is 2.12. The average molecular weight is 391 g/mol. The van der Waals surface area contributed by atoms with E-state index < -0.39 is 0 Å². The van der Waals surface area contributed by atoms with Gasteiger partial charge in [-0.3, -0.25) is 0 Å². The van der Waals surface area contributed by atoms with Crippen molar-refractivity contribution in [3.8, 4) is 11.5 Å². The molecule has 1 aromatic heterocycles. The molecule has 0 radical (unpaired) electrons. The number of hydrogen-bond donors (Lipinski definition) is 2. The lowest BCUT2D eigenvalue weighted by Gasteiger charge is -2.13. The summed E-state index contributed by atoms with van der Waals surface area (Å²) in [7, 11) is 3.74. The minimum atomic E-state index is 0.241. The van der Waals surface area contributed by atoms with Gasteiger partial charge in [0.25, 0.3) is 0 Å². The number of hydrazone groups is 1. The second-order valence-corrected chi connectivity index (χ2v) is 6.50. The van der Waals surface area contributed by atoms with Crippen LogP contribution in [0.25, 0.3) is 0 Å². The predicted octanol–water partition coefficient (Wildman–Crippen LogP) is 2.72. The summed E-state index contributed by atoms with van der Waals surface area (Å²) in [5.41, 5.74) is 4.86. The summed E-state index contributed by atoms with van der Waals surface area (Å²) in [4.78, 5) is 15.0. The molecular weight excluding hydrogens is 370 g/mol. The van der Waals surface area contributed by atoms with Crippen LogP contribution in [-0.4, -0.2) is 42.1 Å². The minimum absolute atomic E-state index is 0.241. The molecule has 0 saturated heterocycles. The van der Waals surface area contributed by atoms with Crippen LogP contribution in [0.3, 0.4) is 0 Å². The highest BCUT2D eigenvalue weighted by Crippen LogP contribution is 2.31. The van der Waals surface area contributed by atoms with E-state index in [0.717, 1.165) is 16.9 Å². The lowest BCUT2D eigenvalue weighted by atomic mass is 10.2. The Morgan fingerprint density at radius 2 is 1.79 bits per heavy atom. The van der Waals surface area contributed by atoms with Gasteiger partial charge in [-0.05, 0) is 29.3 Å². The highest BCUT2D eigenvalue weighted by molar-refractivity contribution is 5.81. The molecule has 2 heterocycles. The van der Waals surface area contributed by atoms with Gasteiger partial charge >= 0.3 is 0 Å². The minimum Gasteiger partial charge on any atom is -0.454 e. The maximum Gasteiger partial charge on any atom is 0.250 e. The van der Waals surface area contributed by atoms with E-state index in [-0.39, 0.29) is 6.79 Å². The number of fused-ring (bicyclic) bond motifs is 1. The van der Waals surface area contributed by atoms with Crippen molar-refractivity contribution in [3.05, 3.63) is 59.7 Å². The molecule has 148 valence electrons. The van der Waals surface area contributed by atoms with Gasteiger partial charge in [0.1, 0.15) is 0 Å². The van der Waals surface area contributed by atoms with Crippen LogP contribution in [0.5, 0.6) is 11.5 Å². The van der Waals surface area contributed by atoms with Gasteiger partial charge in [0, 0.05) is 20.6 Å². The molecule has 2 aromatic carbocycles. The fourth-order valence-corrected chi connectivity index (χ4v) is 2.63. The summed E-state index contributed by atoms with van der Waals surface area (Å²) in [6.45, 7) is 0.850. The molecule has 0 fully saturated rings. The topological polar surface area (TPSA) is 96.8 Å². The first-order valence-electron chi connectivity index (χ1n) is 9.07. The number of anilines is 3. The molecule has 0 aliphatic carbocycles. The zero-order valence-corrected chi connectivity index (χ0v) is 16.2. The molecule has 9 heteroatoms. The van der Waals surface area contributed by atoms with Crippen LogP contribution in [-0.2, 0) is 6.54 Å². The Labute approximate surface area is 168 Å². The highest BCUT2D eigenvalue weighted by atomic mass is 16.7. The van der Waals surface area contributed by atoms with Gasteiger partial charge in [-0.2, -0.15) is 20.1 Å². The number of aromatic nitrogens is 3. The first-order chi connectivity index (χ1) is 14.2. The molecule has 0 atom stereocenters. The number of ether oxygens (including phenoxy) is 2. The third-order valence-corrected chi connectivity index (χ3v) is 4.09. The van der Waals surface area contributed by atoms with E-state index in [1.165, 1.54) is 0 Å². The van der Waals surface area contributed by atoms with Crippen molar-refractivity contribution < 1.29 is 9.47 Å². The Bertz CT molecular complexity index is 1010. The molecule has 0 amide bonds. The first-order valence-corrected chi connectivity index (χ1v) is 9.07. The lowest BCUT2D eigenvalue weighted by Crippen LogP contribution is -2.16. The largest absolute Gasteiger partial charge is 0.454 e. The standard InChI is InChI=1S/C20H21N7O2/c1-27(2)20-24-18(21-11-14-6-4-3-5-7-14)23-19(25-20)26-22-12-15-8-9-16-17(10-15)29-13-28-16/h3-10,12H,11,13H2,1-2H3,(H2,21,23,24,25,26). The van der Waals surface area contributed by atoms with Crippen LogP contribution < -0.4 is 25.1 Å². The van der Waals surface area contributed by atoms with E-state index in [1.807, 2.05) is 67.5 Å². The van der Waals surface area contributed by atoms with E-state index in [1.54, 1.807) is 6.21 Å². The molecule has 1 aliphatic heterocycles. The molecule has 1 aliphatic rings. The van der Waals surface area contributed by atoms with Gasteiger partial charge in [-0.15, -0.1) is 0 Å². The van der Waals surface area contributed by atoms with Crippen molar-refractivity contribution in [3.63, 3.8) is 0 Å². The van der Waals surface area contributed by atoms with Crippen molar-refractivity contribution in [2.24, 2.45) is 5.10 Å². The van der Waals surface area contributed by atoms with Gasteiger partial charge < -0.3 is 19.7 Å². The van der Waals surface area contributed by atoms with E-state index >= 15 is 0 Å². The Kier molecular flexibility index (Phi) is 5.37. The molecule has 29 heavy (non-hydrogen) atoms. The molecule has 3 aromatic rings. The van der Waals surface area contributed by atoms with Gasteiger partial charge in [-0.1, -0.05) is 30.3 Å². The third-order valence-electron chi connectivity index (χ3n) is 4.09. The Balaban J connectivity index is 1.46. The Hall–Kier alpha value is -3.88. The maximum absolute atomic E-state index is 5.37. The molecule has 0 bridgehead atoms. The van der Waals surface area contributed by atoms with Crippen molar-refractivity contribution >= 4 is 24.1 Å². The summed E-state index contributed by atoms with van der Waals surface area (Å²) in [5, 5.41) is 7.45. The van der Waals surface area contributed by atoms with Gasteiger partial charge in [0.2, 0.25) is 24.6 Å². The second kappa shape index (κ2) is 8.42. The van der Waals surface area contributed by atoms with E-state index in [2.05, 4.69) is 30.8 Å². The zero-order valence-electron chi connectivity index (χ0n) is 16.2. The van der Waals surface area contributed by atoms with Crippen LogP contribution in [0.1, 0.15) is 11.1 Å². The van der Waals surface area contributed by atoms with Gasteiger partial charge in [0.15, 0.2) is 11.5 Å². The monoisotopic (exact) mass is 391 g/mol. The van der Waals surface area contributed by atoms with E-state index in [9.17, 15) is 0 Å². The Morgan fingerprint density at radius 3 is 2.62 bits per heavy atom. The molecule has 4 rings (SSSR count). The quantitative estimate of drug-likeness (QED) is 0.469. The average Bonchev–Trinajstić information content (AvgIpc) is 3.21. The number of benzene rings is 2. The van der Waals surface area contributed by atoms with Crippen molar-refractivity contribution in [2.75, 3.05) is 36.5 Å². The smallest absolute Gasteiger partial charge is 0.250 e. The summed E-state index contributed by atoms with van der Waals surface area (Å²) >= 11 is 0. The lowest BCUT2D eigenvalue weighted by molar-refractivity contribution is 0.174. The molecular formula is C20H21N7O2. The van der Waals surface area contributed by atoms with Crippen LogP contribution >= 0.6 is 0 Å². The van der Waals surface area contributed by atoms with E-state index in [4.69, 9.17) is 9.47 Å². The van der Waals surface area contributed by atoms with Crippen molar-refractivity contribution in [1.82, 2.24) is 15.0 Å². The van der Waals surface area contributed by atoms with Crippen LogP contribution in [0.2, 0.25) is 0 Å². The summed E-state index contributed by atoms with van der Waals surface area (Å²) in [6, 6.07) is 15.6. The Morgan fingerprint density at radius 1 is 1.00 bits per heavy atom.